The van der Waals surface area contributed by atoms with E-state index in [1.165, 1.54) is 12.8 Å². The molecule has 2 bridgehead atoms. The lowest BCUT2D eigenvalue weighted by molar-refractivity contribution is -0.146. The van der Waals surface area contributed by atoms with Gasteiger partial charge in [-0.1, -0.05) is 37.8 Å². The molecule has 1 saturated carbocycles. The van der Waals surface area contributed by atoms with Gasteiger partial charge in [-0.3, -0.25) is 14.4 Å². The molecule has 0 aromatic carbocycles. The van der Waals surface area contributed by atoms with E-state index in [-0.39, 0.29) is 36.4 Å². The van der Waals surface area contributed by atoms with E-state index < -0.39 is 17.4 Å². The van der Waals surface area contributed by atoms with Gasteiger partial charge >= 0.3 is 0 Å². The molecule has 27 heavy (non-hydrogen) atoms. The summed E-state index contributed by atoms with van der Waals surface area (Å²) < 4.78 is 6.24. The van der Waals surface area contributed by atoms with Crippen molar-refractivity contribution < 1.29 is 19.1 Å². The lowest BCUT2D eigenvalue weighted by Gasteiger charge is -2.32. The van der Waals surface area contributed by atoms with Crippen LogP contribution in [0.4, 0.5) is 0 Å². The summed E-state index contributed by atoms with van der Waals surface area (Å²) >= 11 is 0. The van der Waals surface area contributed by atoms with Crippen LogP contribution in [0.2, 0.25) is 0 Å². The van der Waals surface area contributed by atoms with Gasteiger partial charge in [0.25, 0.3) is 0 Å². The van der Waals surface area contributed by atoms with Crippen LogP contribution in [0, 0.1) is 11.8 Å². The van der Waals surface area contributed by atoms with E-state index in [1.54, 1.807) is 4.90 Å². The first kappa shape index (κ1) is 17.2. The Morgan fingerprint density at radius 3 is 2.70 bits per heavy atom. The molecular formula is C20H27N3O4. The molecule has 0 aromatic rings. The van der Waals surface area contributed by atoms with Crippen molar-refractivity contribution in [2.75, 3.05) is 26.2 Å². The monoisotopic (exact) mass is 373 g/mol. The lowest BCUT2D eigenvalue weighted by atomic mass is 9.76. The van der Waals surface area contributed by atoms with Gasteiger partial charge in [0.05, 0.1) is 31.0 Å². The highest BCUT2D eigenvalue weighted by Crippen LogP contribution is 2.53. The van der Waals surface area contributed by atoms with Crippen LogP contribution >= 0.6 is 0 Å². The van der Waals surface area contributed by atoms with Gasteiger partial charge in [0.2, 0.25) is 17.7 Å². The number of hydrogen-bond donors (Lipinski definition) is 1. The van der Waals surface area contributed by atoms with Crippen LogP contribution in [0.1, 0.15) is 38.5 Å². The van der Waals surface area contributed by atoms with Crippen LogP contribution in [0.25, 0.3) is 0 Å². The summed E-state index contributed by atoms with van der Waals surface area (Å²) in [5.74, 6) is -1.10. The number of nitrogens with one attached hydrogen (secondary N) is 1. The molecule has 4 atom stereocenters. The summed E-state index contributed by atoms with van der Waals surface area (Å²) in [6, 6.07) is 0.271. The van der Waals surface area contributed by atoms with E-state index >= 15 is 0 Å². The van der Waals surface area contributed by atoms with Crippen LogP contribution in [-0.2, 0) is 19.1 Å². The zero-order valence-electron chi connectivity index (χ0n) is 15.6. The van der Waals surface area contributed by atoms with Gasteiger partial charge in [-0.2, -0.15) is 0 Å². The molecule has 1 aliphatic carbocycles. The number of carbonyl (C=O) groups is 3. The molecule has 3 amide bonds. The average Bonchev–Trinajstić information content (AvgIpc) is 3.21. The molecular weight excluding hydrogens is 346 g/mol. The van der Waals surface area contributed by atoms with Crippen molar-refractivity contribution in [2.45, 2.75) is 56.3 Å². The number of piperazine rings is 1. The fraction of sp³-hybridized carbons (Fsp3) is 0.750. The molecule has 5 rings (SSSR count). The molecule has 146 valence electrons. The molecule has 0 aromatic heterocycles. The van der Waals surface area contributed by atoms with Gasteiger partial charge in [-0.05, 0) is 12.8 Å². The molecule has 7 nitrogen and oxygen atoms in total. The van der Waals surface area contributed by atoms with E-state index in [0.29, 0.717) is 19.6 Å². The number of hydrogen-bond acceptors (Lipinski definition) is 4. The fourth-order valence-electron chi connectivity index (χ4n) is 5.73. The molecule has 4 fully saturated rings. The van der Waals surface area contributed by atoms with Crippen molar-refractivity contribution in [2.24, 2.45) is 11.8 Å². The molecule has 1 N–H and O–H groups in total. The van der Waals surface area contributed by atoms with Crippen molar-refractivity contribution in [3.05, 3.63) is 12.2 Å². The third-order valence-corrected chi connectivity index (χ3v) is 7.03. The molecule has 0 radical (unpaired) electrons. The zero-order chi connectivity index (χ0) is 18.6. The minimum absolute atomic E-state index is 0.0754. The third kappa shape index (κ3) is 2.62. The molecule has 1 spiro atoms. The SMILES string of the molecule is O=C1CN(C(=O)C2C3C(=O)N(C4CCCCCC4)C[C@@]34C=C[C@@H]2O4)CCN1. The average molecular weight is 373 g/mol. The smallest absolute Gasteiger partial charge is 0.239 e. The number of fused-ring (bicyclic) bond motifs is 1. The van der Waals surface area contributed by atoms with E-state index in [4.69, 9.17) is 4.74 Å². The Balaban J connectivity index is 1.39. The Morgan fingerprint density at radius 1 is 1.19 bits per heavy atom. The van der Waals surface area contributed by atoms with Crippen LogP contribution in [-0.4, -0.2) is 71.4 Å². The molecule has 2 unspecified atom stereocenters. The minimum atomic E-state index is -0.646. The van der Waals surface area contributed by atoms with Crippen LogP contribution in [0.5, 0.6) is 0 Å². The third-order valence-electron chi connectivity index (χ3n) is 7.03. The summed E-state index contributed by atoms with van der Waals surface area (Å²) in [4.78, 5) is 41.9. The van der Waals surface area contributed by atoms with Crippen molar-refractivity contribution in [1.82, 2.24) is 15.1 Å². The van der Waals surface area contributed by atoms with Crippen molar-refractivity contribution in [3.63, 3.8) is 0 Å². The predicted molar refractivity (Wildman–Crippen MR) is 96.5 cm³/mol. The maximum atomic E-state index is 13.4. The Hall–Kier alpha value is -1.89. The number of amides is 3. The Kier molecular flexibility index (Phi) is 4.04. The van der Waals surface area contributed by atoms with Crippen LogP contribution in [0.3, 0.4) is 0 Å². The van der Waals surface area contributed by atoms with Gasteiger partial charge in [-0.15, -0.1) is 0 Å². The standard InChI is InChI=1S/C20H27N3O4/c24-15-11-22(10-9-21-15)18(25)16-14-7-8-20(27-14)12-23(19(26)17(16)20)13-5-3-1-2-4-6-13/h7-8,13-14,16-17H,1-6,9-12H2,(H,21,24)/t14-,16?,17?,20-/m0/s1. The fourth-order valence-corrected chi connectivity index (χ4v) is 5.73. The Labute approximate surface area is 159 Å². The molecule has 5 aliphatic rings. The topological polar surface area (TPSA) is 79.0 Å². The van der Waals surface area contributed by atoms with E-state index in [2.05, 4.69) is 5.32 Å². The molecule has 4 aliphatic heterocycles. The molecule has 3 saturated heterocycles. The van der Waals surface area contributed by atoms with Crippen LogP contribution < -0.4 is 5.32 Å². The highest BCUT2D eigenvalue weighted by molar-refractivity contribution is 5.94. The highest BCUT2D eigenvalue weighted by Gasteiger charge is 2.67. The molecule has 4 heterocycles. The van der Waals surface area contributed by atoms with Gasteiger partial charge in [0, 0.05) is 19.1 Å². The highest BCUT2D eigenvalue weighted by atomic mass is 16.5. The summed E-state index contributed by atoms with van der Waals surface area (Å²) in [5, 5.41) is 2.75. The Bertz CT molecular complexity index is 699. The second-order valence-corrected chi connectivity index (χ2v) is 8.62. The second-order valence-electron chi connectivity index (χ2n) is 8.62. The van der Waals surface area contributed by atoms with Crippen molar-refractivity contribution >= 4 is 17.7 Å². The largest absolute Gasteiger partial charge is 0.360 e. The minimum Gasteiger partial charge on any atom is -0.360 e. The number of likely N-dealkylation sites (tertiary alicyclic amines) is 1. The lowest BCUT2D eigenvalue weighted by Crippen LogP contribution is -2.54. The second kappa shape index (κ2) is 6.33. The predicted octanol–water partition coefficient (Wildman–Crippen LogP) is 0.450. The summed E-state index contributed by atoms with van der Waals surface area (Å²) in [7, 11) is 0. The van der Waals surface area contributed by atoms with Crippen molar-refractivity contribution in [3.8, 4) is 0 Å². The van der Waals surface area contributed by atoms with E-state index in [1.807, 2.05) is 17.1 Å². The first-order valence-electron chi connectivity index (χ1n) is 10.3. The van der Waals surface area contributed by atoms with Crippen LogP contribution in [0.15, 0.2) is 12.2 Å². The maximum absolute atomic E-state index is 13.4. The molecule has 7 heteroatoms. The van der Waals surface area contributed by atoms with E-state index in [0.717, 1.165) is 25.7 Å². The quantitative estimate of drug-likeness (QED) is 0.563. The maximum Gasteiger partial charge on any atom is 0.239 e. The van der Waals surface area contributed by atoms with E-state index in [9.17, 15) is 14.4 Å². The summed E-state index contributed by atoms with van der Waals surface area (Å²) in [5.41, 5.74) is -0.646. The Morgan fingerprint density at radius 2 is 1.96 bits per heavy atom. The van der Waals surface area contributed by atoms with Crippen molar-refractivity contribution in [1.29, 1.82) is 0 Å². The number of rotatable bonds is 2. The summed E-state index contributed by atoms with van der Waals surface area (Å²) in [6.45, 7) is 1.61. The summed E-state index contributed by atoms with van der Waals surface area (Å²) in [6.07, 6.45) is 10.5. The van der Waals surface area contributed by atoms with Gasteiger partial charge in [0.1, 0.15) is 5.60 Å². The van der Waals surface area contributed by atoms with Gasteiger partial charge < -0.3 is 19.9 Å². The number of nitrogens with zero attached hydrogens (tertiary/aromatic N) is 2. The first-order valence-corrected chi connectivity index (χ1v) is 10.3. The number of ether oxygens (including phenoxy) is 1. The zero-order valence-corrected chi connectivity index (χ0v) is 15.6. The van der Waals surface area contributed by atoms with Gasteiger partial charge in [0.15, 0.2) is 0 Å². The van der Waals surface area contributed by atoms with Gasteiger partial charge in [-0.25, -0.2) is 0 Å². The first-order chi connectivity index (χ1) is 13.1. The normalized spacial score (nSPS) is 38.9. The number of carbonyl (C=O) groups excluding carboxylic acids is 3.